The molecule has 1 aliphatic carbocycles. The normalized spacial score (nSPS) is 22.3. The number of likely N-dealkylation sites (tertiary alicyclic amines) is 1. The van der Waals surface area contributed by atoms with Crippen LogP contribution in [-0.2, 0) is 6.54 Å². The highest BCUT2D eigenvalue weighted by atomic mass is 127. The number of oxazole rings is 1. The molecule has 146 valence electrons. The second-order valence-corrected chi connectivity index (χ2v) is 7.62. The maximum atomic E-state index is 5.65. The Kier molecular flexibility index (Phi) is 6.78. The van der Waals surface area contributed by atoms with Gasteiger partial charge in [-0.3, -0.25) is 4.99 Å². The lowest BCUT2D eigenvalue weighted by Crippen LogP contribution is -2.39. The van der Waals surface area contributed by atoms with Gasteiger partial charge in [-0.25, -0.2) is 4.98 Å². The van der Waals surface area contributed by atoms with E-state index in [4.69, 9.17) is 4.42 Å². The van der Waals surface area contributed by atoms with Gasteiger partial charge < -0.3 is 14.6 Å². The van der Waals surface area contributed by atoms with Crippen molar-refractivity contribution in [3.63, 3.8) is 0 Å². The predicted molar refractivity (Wildman–Crippen MR) is 119 cm³/mol. The molecule has 1 saturated heterocycles. The number of nitrogens with zero attached hydrogens (tertiary/aromatic N) is 3. The van der Waals surface area contributed by atoms with Gasteiger partial charge in [-0.05, 0) is 43.7 Å². The third-order valence-corrected chi connectivity index (χ3v) is 5.77. The quantitative estimate of drug-likeness (QED) is 0.401. The summed E-state index contributed by atoms with van der Waals surface area (Å²) in [5.41, 5.74) is 3.14. The molecule has 2 atom stereocenters. The van der Waals surface area contributed by atoms with Crippen LogP contribution in [0.15, 0.2) is 39.9 Å². The monoisotopic (exact) mass is 480 g/mol. The first-order valence-corrected chi connectivity index (χ1v) is 9.70. The van der Waals surface area contributed by atoms with Crippen LogP contribution < -0.4 is 5.32 Å². The number of aromatic nitrogens is 1. The summed E-state index contributed by atoms with van der Waals surface area (Å²) >= 11 is 0. The molecule has 1 N–H and O–H groups in total. The van der Waals surface area contributed by atoms with E-state index in [0.29, 0.717) is 12.4 Å². The summed E-state index contributed by atoms with van der Waals surface area (Å²) in [7, 11) is 1.87. The summed E-state index contributed by atoms with van der Waals surface area (Å²) in [6, 6.07) is 8.24. The van der Waals surface area contributed by atoms with Crippen molar-refractivity contribution < 1.29 is 4.42 Å². The lowest BCUT2D eigenvalue weighted by Gasteiger charge is -2.22. The highest BCUT2D eigenvalue weighted by Crippen LogP contribution is 2.35. The van der Waals surface area contributed by atoms with Gasteiger partial charge in [-0.15, -0.1) is 24.0 Å². The van der Waals surface area contributed by atoms with Crippen molar-refractivity contribution in [3.05, 3.63) is 41.8 Å². The molecule has 4 rings (SSSR count). The molecular weight excluding hydrogens is 451 g/mol. The van der Waals surface area contributed by atoms with Crippen molar-refractivity contribution in [2.75, 3.05) is 20.1 Å². The van der Waals surface area contributed by atoms with E-state index in [1.165, 1.54) is 31.2 Å². The molecule has 1 saturated carbocycles. The fourth-order valence-corrected chi connectivity index (χ4v) is 4.30. The lowest BCUT2D eigenvalue weighted by atomic mass is 9.82. The summed E-state index contributed by atoms with van der Waals surface area (Å²) in [6.07, 6.45) is 7.27. The molecule has 2 fully saturated rings. The molecular formula is C21H29IN4O. The van der Waals surface area contributed by atoms with Gasteiger partial charge in [0.25, 0.3) is 0 Å². The lowest BCUT2D eigenvalue weighted by molar-refractivity contribution is 0.299. The SMILES string of the molecule is CN=C(NCc1coc(-c2ccc(C)cc2)n1)N1CC2CCCCC2C1.I. The van der Waals surface area contributed by atoms with Crippen molar-refractivity contribution in [3.8, 4) is 11.5 Å². The summed E-state index contributed by atoms with van der Waals surface area (Å²) in [5.74, 6) is 3.35. The minimum absolute atomic E-state index is 0. The van der Waals surface area contributed by atoms with E-state index < -0.39 is 0 Å². The van der Waals surface area contributed by atoms with Crippen molar-refractivity contribution in [1.29, 1.82) is 0 Å². The number of aryl methyl sites for hydroxylation is 1. The number of guanidine groups is 1. The van der Waals surface area contributed by atoms with Gasteiger partial charge in [0.1, 0.15) is 6.26 Å². The zero-order chi connectivity index (χ0) is 17.9. The molecule has 1 aliphatic heterocycles. The van der Waals surface area contributed by atoms with Crippen LogP contribution in [0.2, 0.25) is 0 Å². The molecule has 0 amide bonds. The minimum atomic E-state index is 0. The number of hydrogen-bond acceptors (Lipinski definition) is 3. The molecule has 2 aliphatic rings. The topological polar surface area (TPSA) is 53.7 Å². The molecule has 5 nitrogen and oxygen atoms in total. The number of rotatable bonds is 3. The second-order valence-electron chi connectivity index (χ2n) is 7.62. The molecule has 2 unspecified atom stereocenters. The van der Waals surface area contributed by atoms with E-state index in [1.807, 2.05) is 19.2 Å². The first-order valence-electron chi connectivity index (χ1n) is 9.70. The molecule has 0 bridgehead atoms. The van der Waals surface area contributed by atoms with Crippen LogP contribution in [0, 0.1) is 18.8 Å². The highest BCUT2D eigenvalue weighted by Gasteiger charge is 2.35. The van der Waals surface area contributed by atoms with Crippen LogP contribution in [0.1, 0.15) is 36.9 Å². The molecule has 2 aromatic rings. The standard InChI is InChI=1S/C21H28N4O.HI/c1-15-7-9-16(10-8-15)20-24-19(14-26-20)11-23-21(22-2)25-12-17-5-3-4-6-18(17)13-25;/h7-10,14,17-18H,3-6,11-13H2,1-2H3,(H,22,23);1H. The average molecular weight is 480 g/mol. The van der Waals surface area contributed by atoms with Gasteiger partial charge in [0.15, 0.2) is 5.96 Å². The van der Waals surface area contributed by atoms with Gasteiger partial charge in [0.2, 0.25) is 5.89 Å². The Labute approximate surface area is 178 Å². The minimum Gasteiger partial charge on any atom is -0.444 e. The summed E-state index contributed by atoms with van der Waals surface area (Å²) in [6.45, 7) is 4.98. The first kappa shape index (κ1) is 20.2. The molecule has 2 heterocycles. The number of nitrogens with one attached hydrogen (secondary N) is 1. The number of hydrogen-bond donors (Lipinski definition) is 1. The van der Waals surface area contributed by atoms with Gasteiger partial charge in [0.05, 0.1) is 12.2 Å². The van der Waals surface area contributed by atoms with Crippen LogP contribution in [-0.4, -0.2) is 36.0 Å². The molecule has 0 spiro atoms. The van der Waals surface area contributed by atoms with E-state index in [1.54, 1.807) is 6.26 Å². The second kappa shape index (κ2) is 9.08. The van der Waals surface area contributed by atoms with Gasteiger partial charge in [-0.2, -0.15) is 0 Å². The van der Waals surface area contributed by atoms with Crippen molar-refractivity contribution in [2.24, 2.45) is 16.8 Å². The average Bonchev–Trinajstić information content (AvgIpc) is 3.30. The summed E-state index contributed by atoms with van der Waals surface area (Å²) < 4.78 is 5.65. The third kappa shape index (κ3) is 4.65. The largest absolute Gasteiger partial charge is 0.444 e. The Morgan fingerprint density at radius 3 is 2.48 bits per heavy atom. The number of fused-ring (bicyclic) bond motifs is 1. The molecule has 1 aromatic carbocycles. The van der Waals surface area contributed by atoms with Crippen LogP contribution in [0.4, 0.5) is 0 Å². The first-order chi connectivity index (χ1) is 12.7. The maximum absolute atomic E-state index is 5.65. The Hall–Kier alpha value is -1.57. The number of halogens is 1. The van der Waals surface area contributed by atoms with Crippen molar-refractivity contribution >= 4 is 29.9 Å². The summed E-state index contributed by atoms with van der Waals surface area (Å²) in [4.78, 5) is 11.5. The summed E-state index contributed by atoms with van der Waals surface area (Å²) in [5, 5.41) is 3.46. The number of benzene rings is 1. The van der Waals surface area contributed by atoms with Crippen molar-refractivity contribution in [1.82, 2.24) is 15.2 Å². The van der Waals surface area contributed by atoms with E-state index >= 15 is 0 Å². The fourth-order valence-electron chi connectivity index (χ4n) is 4.30. The van der Waals surface area contributed by atoms with Crippen LogP contribution >= 0.6 is 24.0 Å². The van der Waals surface area contributed by atoms with Crippen LogP contribution in [0.25, 0.3) is 11.5 Å². The fraction of sp³-hybridized carbons (Fsp3) is 0.524. The zero-order valence-electron chi connectivity index (χ0n) is 16.1. The van der Waals surface area contributed by atoms with Crippen LogP contribution in [0.5, 0.6) is 0 Å². The molecule has 0 radical (unpaired) electrons. The Balaban J connectivity index is 0.00000210. The third-order valence-electron chi connectivity index (χ3n) is 5.77. The molecule has 1 aromatic heterocycles. The highest BCUT2D eigenvalue weighted by molar-refractivity contribution is 14.0. The van der Waals surface area contributed by atoms with E-state index in [9.17, 15) is 0 Å². The van der Waals surface area contributed by atoms with Crippen molar-refractivity contribution in [2.45, 2.75) is 39.2 Å². The molecule has 27 heavy (non-hydrogen) atoms. The molecule has 6 heteroatoms. The van der Waals surface area contributed by atoms with E-state index in [0.717, 1.165) is 42.1 Å². The van der Waals surface area contributed by atoms with Gasteiger partial charge >= 0.3 is 0 Å². The van der Waals surface area contributed by atoms with E-state index in [2.05, 4.69) is 39.2 Å². The maximum Gasteiger partial charge on any atom is 0.226 e. The van der Waals surface area contributed by atoms with Gasteiger partial charge in [-0.1, -0.05) is 30.5 Å². The Bertz CT molecular complexity index is 757. The van der Waals surface area contributed by atoms with E-state index in [-0.39, 0.29) is 24.0 Å². The number of aliphatic imine (C=N–C) groups is 1. The van der Waals surface area contributed by atoms with Crippen LogP contribution in [0.3, 0.4) is 0 Å². The smallest absolute Gasteiger partial charge is 0.226 e. The zero-order valence-corrected chi connectivity index (χ0v) is 18.5. The predicted octanol–water partition coefficient (Wildman–Crippen LogP) is 4.47. The van der Waals surface area contributed by atoms with Gasteiger partial charge in [0, 0.05) is 25.7 Å². The Morgan fingerprint density at radius 1 is 1.19 bits per heavy atom. The Morgan fingerprint density at radius 2 is 1.85 bits per heavy atom.